The average molecular weight is 483 g/mol. The van der Waals surface area contributed by atoms with Crippen molar-refractivity contribution in [1.82, 2.24) is 0 Å². The fourth-order valence-corrected chi connectivity index (χ4v) is 6.42. The molecule has 10 heteroatoms. The van der Waals surface area contributed by atoms with E-state index in [0.717, 1.165) is 0 Å². The summed E-state index contributed by atoms with van der Waals surface area (Å²) < 4.78 is 78.9. The summed E-state index contributed by atoms with van der Waals surface area (Å²) in [5, 5.41) is 0. The number of ether oxygens (including phenoxy) is 2. The lowest BCUT2D eigenvalue weighted by Gasteiger charge is -2.44. The minimum absolute atomic E-state index is 0.156. The molecule has 2 fully saturated rings. The summed E-state index contributed by atoms with van der Waals surface area (Å²) in [5.74, 6) is -0.658. The molecule has 174 valence electrons. The third kappa shape index (κ3) is 4.90. The topological polar surface area (TPSA) is 127 Å². The maximum Gasteiger partial charge on any atom is 0.294 e. The van der Waals surface area contributed by atoms with E-state index in [0.29, 0.717) is 62.9 Å². The summed E-state index contributed by atoms with van der Waals surface area (Å²) in [6, 6.07) is 12.5. The molecule has 1 spiro atoms. The van der Waals surface area contributed by atoms with Crippen molar-refractivity contribution in [2.45, 2.75) is 54.1 Å². The zero-order valence-corrected chi connectivity index (χ0v) is 19.1. The maximum atomic E-state index is 12.0. The van der Waals surface area contributed by atoms with Crippen molar-refractivity contribution in [1.29, 1.82) is 0 Å². The molecule has 0 bridgehead atoms. The van der Waals surface area contributed by atoms with Gasteiger partial charge in [0.1, 0.15) is 0 Å². The van der Waals surface area contributed by atoms with Crippen LogP contribution in [-0.2, 0) is 42.6 Å². The van der Waals surface area contributed by atoms with E-state index in [4.69, 9.17) is 9.47 Å². The van der Waals surface area contributed by atoms with E-state index in [1.165, 1.54) is 12.1 Å². The van der Waals surface area contributed by atoms with Gasteiger partial charge in [-0.1, -0.05) is 36.4 Å². The second kappa shape index (κ2) is 8.51. The SMILES string of the molecule is O=S(=O)(O)c1ccccc1CC1(Cc2ccccc2S(=O)(=O)O)CCC2(CC1)OCCO2. The molecule has 2 aromatic rings. The zero-order valence-electron chi connectivity index (χ0n) is 17.4. The van der Waals surface area contributed by atoms with Crippen molar-refractivity contribution < 1.29 is 35.4 Å². The van der Waals surface area contributed by atoms with Gasteiger partial charge < -0.3 is 9.47 Å². The van der Waals surface area contributed by atoms with Crippen molar-refractivity contribution in [3.05, 3.63) is 59.7 Å². The quantitative estimate of drug-likeness (QED) is 0.601. The van der Waals surface area contributed by atoms with Crippen LogP contribution in [-0.4, -0.2) is 44.9 Å². The fourth-order valence-electron chi connectivity index (χ4n) is 4.97. The number of benzene rings is 2. The Morgan fingerprint density at radius 3 is 1.50 bits per heavy atom. The van der Waals surface area contributed by atoms with E-state index >= 15 is 0 Å². The van der Waals surface area contributed by atoms with Crippen LogP contribution in [0.1, 0.15) is 36.8 Å². The Balaban J connectivity index is 1.73. The number of rotatable bonds is 6. The maximum absolute atomic E-state index is 12.0. The minimum atomic E-state index is -4.42. The monoisotopic (exact) mass is 482 g/mol. The first-order valence-corrected chi connectivity index (χ1v) is 13.3. The standard InChI is InChI=1S/C22H26O8S2/c23-31(24,25)19-7-3-1-5-17(19)15-21(9-11-22(12-10-21)29-13-14-30-22)16-18-6-2-4-8-20(18)32(26,27)28/h1-8H,9-16H2,(H,23,24,25)(H,26,27,28). The first-order valence-electron chi connectivity index (χ1n) is 10.4. The Kier molecular flexibility index (Phi) is 6.21. The lowest BCUT2D eigenvalue weighted by atomic mass is 9.65. The van der Waals surface area contributed by atoms with Crippen LogP contribution < -0.4 is 0 Å². The highest BCUT2D eigenvalue weighted by atomic mass is 32.2. The molecule has 1 saturated carbocycles. The summed E-state index contributed by atoms with van der Waals surface area (Å²) in [6.45, 7) is 1.04. The molecule has 4 rings (SSSR count). The van der Waals surface area contributed by atoms with Gasteiger partial charge in [-0.15, -0.1) is 0 Å². The van der Waals surface area contributed by atoms with Crippen LogP contribution in [0.5, 0.6) is 0 Å². The summed E-state index contributed by atoms with van der Waals surface area (Å²) in [7, 11) is -8.85. The smallest absolute Gasteiger partial charge is 0.294 e. The molecule has 0 unspecified atom stereocenters. The lowest BCUT2D eigenvalue weighted by molar-refractivity contribution is -0.191. The average Bonchev–Trinajstić information content (AvgIpc) is 3.18. The molecule has 2 aliphatic rings. The molecule has 1 heterocycles. The van der Waals surface area contributed by atoms with Gasteiger partial charge in [-0.05, 0) is 54.4 Å². The first kappa shape index (κ1) is 23.3. The van der Waals surface area contributed by atoms with E-state index < -0.39 is 31.4 Å². The van der Waals surface area contributed by atoms with Gasteiger partial charge in [0.2, 0.25) is 0 Å². The van der Waals surface area contributed by atoms with Crippen molar-refractivity contribution in [3.63, 3.8) is 0 Å². The van der Waals surface area contributed by atoms with E-state index in [9.17, 15) is 25.9 Å². The van der Waals surface area contributed by atoms with E-state index in [1.807, 2.05) is 0 Å². The largest absolute Gasteiger partial charge is 0.348 e. The Morgan fingerprint density at radius 2 is 1.09 bits per heavy atom. The highest BCUT2D eigenvalue weighted by Gasteiger charge is 2.47. The third-order valence-electron chi connectivity index (χ3n) is 6.52. The number of hydrogen-bond donors (Lipinski definition) is 2. The molecular weight excluding hydrogens is 456 g/mol. The molecular formula is C22H26O8S2. The molecule has 1 saturated heterocycles. The molecule has 0 radical (unpaired) electrons. The molecule has 2 N–H and O–H groups in total. The van der Waals surface area contributed by atoms with Gasteiger partial charge in [0.05, 0.1) is 23.0 Å². The molecule has 2 aromatic carbocycles. The molecule has 1 aliphatic carbocycles. The van der Waals surface area contributed by atoms with E-state index in [2.05, 4.69) is 0 Å². The normalized spacial score (nSPS) is 20.4. The highest BCUT2D eigenvalue weighted by molar-refractivity contribution is 7.86. The first-order chi connectivity index (χ1) is 15.0. The number of hydrogen-bond acceptors (Lipinski definition) is 6. The van der Waals surface area contributed by atoms with Gasteiger partial charge in [-0.3, -0.25) is 9.11 Å². The van der Waals surface area contributed by atoms with E-state index in [-0.39, 0.29) is 9.79 Å². The van der Waals surface area contributed by atoms with Crippen molar-refractivity contribution in [2.24, 2.45) is 5.41 Å². The molecule has 0 aromatic heterocycles. The van der Waals surface area contributed by atoms with Crippen molar-refractivity contribution >= 4 is 20.2 Å². The van der Waals surface area contributed by atoms with Gasteiger partial charge in [-0.25, -0.2) is 0 Å². The van der Waals surface area contributed by atoms with Crippen LogP contribution in [0.4, 0.5) is 0 Å². The zero-order chi connectivity index (χ0) is 23.0. The predicted molar refractivity (Wildman–Crippen MR) is 115 cm³/mol. The van der Waals surface area contributed by atoms with Gasteiger partial charge in [0.15, 0.2) is 5.79 Å². The van der Waals surface area contributed by atoms with Gasteiger partial charge in [-0.2, -0.15) is 16.8 Å². The van der Waals surface area contributed by atoms with Crippen LogP contribution in [0.2, 0.25) is 0 Å². The summed E-state index contributed by atoms with van der Waals surface area (Å²) in [6.07, 6.45) is 2.95. The van der Waals surface area contributed by atoms with Crippen LogP contribution in [0, 0.1) is 5.41 Å². The summed E-state index contributed by atoms with van der Waals surface area (Å²) in [4.78, 5) is -0.313. The lowest BCUT2D eigenvalue weighted by Crippen LogP contribution is -2.42. The Labute approximate surface area is 188 Å². The van der Waals surface area contributed by atoms with Crippen LogP contribution in [0.3, 0.4) is 0 Å². The van der Waals surface area contributed by atoms with Gasteiger partial charge in [0.25, 0.3) is 20.2 Å². The van der Waals surface area contributed by atoms with Crippen LogP contribution >= 0.6 is 0 Å². The predicted octanol–water partition coefficient (Wildman–Crippen LogP) is 3.27. The molecule has 1 aliphatic heterocycles. The van der Waals surface area contributed by atoms with Gasteiger partial charge >= 0.3 is 0 Å². The van der Waals surface area contributed by atoms with E-state index in [1.54, 1.807) is 36.4 Å². The second-order valence-electron chi connectivity index (χ2n) is 8.63. The Hall–Kier alpha value is -1.82. The van der Waals surface area contributed by atoms with Gasteiger partial charge in [0, 0.05) is 12.8 Å². The Morgan fingerprint density at radius 1 is 0.688 bits per heavy atom. The summed E-state index contributed by atoms with van der Waals surface area (Å²) >= 11 is 0. The third-order valence-corrected chi connectivity index (χ3v) is 8.43. The minimum Gasteiger partial charge on any atom is -0.348 e. The second-order valence-corrected chi connectivity index (χ2v) is 11.4. The fraction of sp³-hybridized carbons (Fsp3) is 0.455. The molecule has 32 heavy (non-hydrogen) atoms. The van der Waals surface area contributed by atoms with Crippen LogP contribution in [0.25, 0.3) is 0 Å². The van der Waals surface area contributed by atoms with Crippen LogP contribution in [0.15, 0.2) is 58.3 Å². The highest BCUT2D eigenvalue weighted by Crippen LogP contribution is 2.49. The van der Waals surface area contributed by atoms with Crippen molar-refractivity contribution in [2.75, 3.05) is 13.2 Å². The molecule has 0 amide bonds. The molecule has 0 atom stereocenters. The Bertz CT molecular complexity index is 1110. The summed E-state index contributed by atoms with van der Waals surface area (Å²) in [5.41, 5.74) is 0.398. The molecule has 8 nitrogen and oxygen atoms in total. The van der Waals surface area contributed by atoms with Crippen molar-refractivity contribution in [3.8, 4) is 0 Å².